The van der Waals surface area contributed by atoms with Crippen LogP contribution in [0, 0.1) is 0 Å². The van der Waals surface area contributed by atoms with Crippen LogP contribution >= 0.6 is 0 Å². The number of nitrogens with zero attached hydrogens (tertiary/aromatic N) is 2. The predicted molar refractivity (Wildman–Crippen MR) is 101 cm³/mol. The van der Waals surface area contributed by atoms with Crippen LogP contribution < -0.4 is 4.72 Å². The topological polar surface area (TPSA) is 52.6 Å². The summed E-state index contributed by atoms with van der Waals surface area (Å²) in [5.74, 6) is 0. The van der Waals surface area contributed by atoms with Crippen molar-refractivity contribution in [3.8, 4) is 0 Å². The van der Waals surface area contributed by atoms with E-state index >= 15 is 0 Å². The second-order valence-corrected chi connectivity index (χ2v) is 9.08. The molecule has 1 heterocycles. The second-order valence-electron chi connectivity index (χ2n) is 7.31. The van der Waals surface area contributed by atoms with Crippen molar-refractivity contribution >= 4 is 10.0 Å². The van der Waals surface area contributed by atoms with Crippen molar-refractivity contribution in [3.63, 3.8) is 0 Å². The number of fused-ring (bicyclic) bond motifs is 1. The van der Waals surface area contributed by atoms with Gasteiger partial charge in [-0.1, -0.05) is 13.0 Å². The fourth-order valence-electron chi connectivity index (χ4n) is 3.84. The Morgan fingerprint density at radius 3 is 2.44 bits per heavy atom. The molecule has 1 atom stereocenters. The lowest BCUT2D eigenvalue weighted by Gasteiger charge is -2.37. The fourth-order valence-corrected chi connectivity index (χ4v) is 5.01. The number of nitrogens with one attached hydrogen (secondary N) is 1. The molecule has 1 aliphatic heterocycles. The van der Waals surface area contributed by atoms with E-state index in [1.54, 1.807) is 6.07 Å². The molecule has 3 rings (SSSR count). The highest BCUT2D eigenvalue weighted by Crippen LogP contribution is 2.24. The molecule has 0 spiro atoms. The number of piperazine rings is 1. The molecule has 1 N–H and O–H groups in total. The molecule has 1 aliphatic carbocycles. The van der Waals surface area contributed by atoms with Gasteiger partial charge in [-0.05, 0) is 62.4 Å². The van der Waals surface area contributed by atoms with Gasteiger partial charge in [-0.25, -0.2) is 13.1 Å². The molecular formula is C19H31N3O2S. The van der Waals surface area contributed by atoms with Crippen molar-refractivity contribution < 1.29 is 8.42 Å². The molecule has 0 saturated carbocycles. The smallest absolute Gasteiger partial charge is 0.240 e. The molecule has 0 amide bonds. The monoisotopic (exact) mass is 365 g/mol. The van der Waals surface area contributed by atoms with Crippen LogP contribution in [0.1, 0.15) is 37.8 Å². The minimum Gasteiger partial charge on any atom is -0.301 e. The molecule has 0 bridgehead atoms. The van der Waals surface area contributed by atoms with E-state index in [-0.39, 0.29) is 6.04 Å². The summed E-state index contributed by atoms with van der Waals surface area (Å²) in [5.41, 5.74) is 2.52. The van der Waals surface area contributed by atoms with E-state index < -0.39 is 10.0 Å². The van der Waals surface area contributed by atoms with E-state index in [4.69, 9.17) is 0 Å². The van der Waals surface area contributed by atoms with Gasteiger partial charge in [0.25, 0.3) is 0 Å². The van der Waals surface area contributed by atoms with Crippen molar-refractivity contribution in [1.29, 1.82) is 0 Å². The fraction of sp³-hybridized carbons (Fsp3) is 0.684. The first-order valence-corrected chi connectivity index (χ1v) is 11.1. The Morgan fingerprint density at radius 1 is 1.08 bits per heavy atom. The maximum Gasteiger partial charge on any atom is 0.240 e. The van der Waals surface area contributed by atoms with Crippen LogP contribution in [-0.4, -0.2) is 63.5 Å². The van der Waals surface area contributed by atoms with Gasteiger partial charge < -0.3 is 4.90 Å². The third-order valence-corrected chi connectivity index (χ3v) is 7.10. The summed E-state index contributed by atoms with van der Waals surface area (Å²) in [7, 11) is -3.43. The van der Waals surface area contributed by atoms with E-state index in [1.807, 2.05) is 12.1 Å². The molecule has 25 heavy (non-hydrogen) atoms. The zero-order chi connectivity index (χ0) is 17.9. The lowest BCUT2D eigenvalue weighted by atomic mass is 9.92. The SMILES string of the molecule is CCN1CCN(C(C)CNS(=O)(=O)c2ccc3c(c2)CCCC3)CC1. The summed E-state index contributed by atoms with van der Waals surface area (Å²) in [6.07, 6.45) is 4.44. The predicted octanol–water partition coefficient (Wildman–Crippen LogP) is 1.87. The Bertz CT molecular complexity index is 682. The number of aryl methyl sites for hydroxylation is 2. The molecule has 6 heteroatoms. The Labute approximate surface area is 152 Å². The van der Waals surface area contributed by atoms with Crippen LogP contribution in [-0.2, 0) is 22.9 Å². The molecule has 140 valence electrons. The lowest BCUT2D eigenvalue weighted by molar-refractivity contribution is 0.107. The van der Waals surface area contributed by atoms with E-state index in [0.717, 1.165) is 52.0 Å². The number of benzene rings is 1. The summed E-state index contributed by atoms with van der Waals surface area (Å²) in [5, 5.41) is 0. The summed E-state index contributed by atoms with van der Waals surface area (Å²) >= 11 is 0. The van der Waals surface area contributed by atoms with E-state index in [9.17, 15) is 8.42 Å². The number of rotatable bonds is 6. The first-order chi connectivity index (χ1) is 12.0. The van der Waals surface area contributed by atoms with Gasteiger partial charge >= 0.3 is 0 Å². The molecule has 1 fully saturated rings. The first kappa shape index (κ1) is 18.8. The zero-order valence-electron chi connectivity index (χ0n) is 15.5. The average molecular weight is 366 g/mol. The highest BCUT2D eigenvalue weighted by molar-refractivity contribution is 7.89. The third kappa shape index (κ3) is 4.61. The Balaban J connectivity index is 1.58. The van der Waals surface area contributed by atoms with Crippen LogP contribution in [0.4, 0.5) is 0 Å². The molecule has 1 aromatic rings. The molecule has 1 saturated heterocycles. The minimum absolute atomic E-state index is 0.214. The van der Waals surface area contributed by atoms with Crippen molar-refractivity contribution in [2.45, 2.75) is 50.5 Å². The lowest BCUT2D eigenvalue weighted by Crippen LogP contribution is -2.52. The molecule has 2 aliphatic rings. The molecule has 0 radical (unpaired) electrons. The van der Waals surface area contributed by atoms with Gasteiger partial charge in [0.2, 0.25) is 10.0 Å². The third-order valence-electron chi connectivity index (χ3n) is 5.68. The summed E-state index contributed by atoms with van der Waals surface area (Å²) in [4.78, 5) is 5.22. The van der Waals surface area contributed by atoms with E-state index in [2.05, 4.69) is 28.4 Å². The normalized spacial score (nSPS) is 21.0. The molecule has 5 nitrogen and oxygen atoms in total. The first-order valence-electron chi connectivity index (χ1n) is 9.57. The quantitative estimate of drug-likeness (QED) is 0.836. The Morgan fingerprint density at radius 2 is 1.76 bits per heavy atom. The van der Waals surface area contributed by atoms with Gasteiger partial charge in [-0.2, -0.15) is 0 Å². The van der Waals surface area contributed by atoms with Crippen molar-refractivity contribution in [2.75, 3.05) is 39.3 Å². The van der Waals surface area contributed by atoms with Crippen molar-refractivity contribution in [3.05, 3.63) is 29.3 Å². The van der Waals surface area contributed by atoms with Crippen LogP contribution in [0.3, 0.4) is 0 Å². The minimum atomic E-state index is -3.43. The number of sulfonamides is 1. The van der Waals surface area contributed by atoms with Gasteiger partial charge in [0.1, 0.15) is 0 Å². The summed E-state index contributed by atoms with van der Waals surface area (Å²) in [6.45, 7) is 10.0. The van der Waals surface area contributed by atoms with Crippen LogP contribution in [0.25, 0.3) is 0 Å². The maximum atomic E-state index is 12.7. The van der Waals surface area contributed by atoms with Gasteiger partial charge in [0.15, 0.2) is 0 Å². The highest BCUT2D eigenvalue weighted by atomic mass is 32.2. The number of likely N-dealkylation sites (N-methyl/N-ethyl adjacent to an activating group) is 1. The van der Waals surface area contributed by atoms with E-state index in [1.165, 1.54) is 17.5 Å². The van der Waals surface area contributed by atoms with Gasteiger partial charge in [-0.3, -0.25) is 4.90 Å². The Hall–Kier alpha value is -0.950. The highest BCUT2D eigenvalue weighted by Gasteiger charge is 2.23. The van der Waals surface area contributed by atoms with Gasteiger partial charge in [-0.15, -0.1) is 0 Å². The maximum absolute atomic E-state index is 12.7. The molecule has 0 aromatic heterocycles. The van der Waals surface area contributed by atoms with Gasteiger partial charge in [0, 0.05) is 38.8 Å². The van der Waals surface area contributed by atoms with E-state index in [0.29, 0.717) is 11.4 Å². The van der Waals surface area contributed by atoms with Crippen LogP contribution in [0.15, 0.2) is 23.1 Å². The number of hydrogen-bond donors (Lipinski definition) is 1. The summed E-state index contributed by atoms with van der Waals surface area (Å²) < 4.78 is 28.2. The van der Waals surface area contributed by atoms with Crippen LogP contribution in [0.5, 0.6) is 0 Å². The molecule has 1 unspecified atom stereocenters. The molecule has 1 aromatic carbocycles. The Kier molecular flexibility index (Phi) is 6.15. The average Bonchev–Trinajstić information content (AvgIpc) is 2.66. The van der Waals surface area contributed by atoms with Crippen LogP contribution in [0.2, 0.25) is 0 Å². The second kappa shape index (κ2) is 8.16. The largest absolute Gasteiger partial charge is 0.301 e. The summed E-state index contributed by atoms with van der Waals surface area (Å²) in [6, 6.07) is 5.85. The molecular weight excluding hydrogens is 334 g/mol. The zero-order valence-corrected chi connectivity index (χ0v) is 16.3. The van der Waals surface area contributed by atoms with Crippen molar-refractivity contribution in [2.24, 2.45) is 0 Å². The van der Waals surface area contributed by atoms with Crippen molar-refractivity contribution in [1.82, 2.24) is 14.5 Å². The standard InChI is InChI=1S/C19H31N3O2S/c1-3-21-10-12-22(13-11-21)16(2)15-20-25(23,24)19-9-8-17-6-4-5-7-18(17)14-19/h8-9,14,16,20H,3-7,10-13,15H2,1-2H3. The number of hydrogen-bond acceptors (Lipinski definition) is 4. The van der Waals surface area contributed by atoms with Gasteiger partial charge in [0.05, 0.1) is 4.90 Å².